The lowest BCUT2D eigenvalue weighted by atomic mass is 10.0. The van der Waals surface area contributed by atoms with Gasteiger partial charge in [-0.2, -0.15) is 0 Å². The topological polar surface area (TPSA) is 75.2 Å². The fourth-order valence-electron chi connectivity index (χ4n) is 2.49. The summed E-state index contributed by atoms with van der Waals surface area (Å²) in [6.45, 7) is 0. The Kier molecular flexibility index (Phi) is 4.63. The second-order valence-corrected chi connectivity index (χ2v) is 4.80. The van der Waals surface area contributed by atoms with E-state index in [0.29, 0.717) is 11.4 Å². The normalized spacial score (nSPS) is 11.3. The zero-order chi connectivity index (χ0) is 14.4. The Bertz CT molecular complexity index is 919. The van der Waals surface area contributed by atoms with E-state index in [2.05, 4.69) is 9.97 Å². The van der Waals surface area contributed by atoms with Crippen LogP contribution in [-0.4, -0.2) is 21.0 Å². The van der Waals surface area contributed by atoms with Crippen LogP contribution in [0.25, 0.3) is 28.2 Å². The molecule has 5 nitrogen and oxygen atoms in total. The van der Waals surface area contributed by atoms with Gasteiger partial charge < -0.3 is 14.8 Å². The lowest BCUT2D eigenvalue weighted by Gasteiger charge is -2.08. The van der Waals surface area contributed by atoms with Crippen molar-refractivity contribution in [3.05, 3.63) is 54.0 Å². The van der Waals surface area contributed by atoms with E-state index in [1.54, 1.807) is 18.4 Å². The number of H-pyrrole nitrogens is 1. The number of carbonyl (C=O) groups is 1. The second-order valence-electron chi connectivity index (χ2n) is 4.80. The van der Waals surface area contributed by atoms with E-state index in [-0.39, 0.29) is 30.4 Å². The molecule has 0 amide bonds. The maximum absolute atomic E-state index is 11.1. The molecule has 118 valence electrons. The van der Waals surface area contributed by atoms with E-state index < -0.39 is 5.97 Å². The SMILES string of the molecule is Cl.Cl.O=C(O)c1cnc2c(c1)C=COc1cc3[nH]ccc3cc1-2. The summed E-state index contributed by atoms with van der Waals surface area (Å²) in [6.07, 6.45) is 6.50. The largest absolute Gasteiger partial charge is 0.478 e. The predicted octanol–water partition coefficient (Wildman–Crippen LogP) is 4.13. The van der Waals surface area contributed by atoms with Gasteiger partial charge >= 0.3 is 5.97 Å². The Hall–Kier alpha value is -2.50. The smallest absolute Gasteiger partial charge is 0.337 e. The van der Waals surface area contributed by atoms with Gasteiger partial charge in [0.15, 0.2) is 0 Å². The van der Waals surface area contributed by atoms with Gasteiger partial charge in [-0.3, -0.25) is 4.98 Å². The van der Waals surface area contributed by atoms with Crippen molar-refractivity contribution < 1.29 is 14.6 Å². The Morgan fingerprint density at radius 1 is 1.22 bits per heavy atom. The van der Waals surface area contributed by atoms with E-state index in [1.165, 1.54) is 6.20 Å². The molecule has 0 aliphatic carbocycles. The number of aromatic amines is 1. The molecular weight excluding hydrogens is 339 g/mol. The Balaban J connectivity index is 0.000000960. The van der Waals surface area contributed by atoms with Gasteiger partial charge in [-0.25, -0.2) is 4.79 Å². The molecule has 3 heterocycles. The average molecular weight is 351 g/mol. The second kappa shape index (κ2) is 6.32. The number of aromatic carboxylic acids is 1. The van der Waals surface area contributed by atoms with Crippen molar-refractivity contribution in [1.82, 2.24) is 9.97 Å². The van der Waals surface area contributed by atoms with Crippen molar-refractivity contribution in [1.29, 1.82) is 0 Å². The van der Waals surface area contributed by atoms with Crippen molar-refractivity contribution in [2.75, 3.05) is 0 Å². The van der Waals surface area contributed by atoms with Crippen LogP contribution in [0.2, 0.25) is 0 Å². The molecule has 2 N–H and O–H groups in total. The maximum atomic E-state index is 11.1. The molecule has 0 radical (unpaired) electrons. The van der Waals surface area contributed by atoms with Crippen LogP contribution in [0.5, 0.6) is 5.75 Å². The molecule has 1 aliphatic heterocycles. The van der Waals surface area contributed by atoms with Crippen LogP contribution in [0.4, 0.5) is 0 Å². The summed E-state index contributed by atoms with van der Waals surface area (Å²) in [4.78, 5) is 18.5. The molecule has 0 spiro atoms. The third kappa shape index (κ3) is 2.76. The van der Waals surface area contributed by atoms with Gasteiger partial charge in [0.25, 0.3) is 0 Å². The maximum Gasteiger partial charge on any atom is 0.337 e. The van der Waals surface area contributed by atoms with E-state index >= 15 is 0 Å². The minimum Gasteiger partial charge on any atom is -0.478 e. The number of hydrogen-bond donors (Lipinski definition) is 2. The first-order valence-electron chi connectivity index (χ1n) is 6.40. The Labute approximate surface area is 143 Å². The summed E-state index contributed by atoms with van der Waals surface area (Å²) in [5, 5.41) is 10.1. The van der Waals surface area contributed by atoms with Gasteiger partial charge in [-0.1, -0.05) is 0 Å². The minimum absolute atomic E-state index is 0. The van der Waals surface area contributed by atoms with Crippen molar-refractivity contribution in [3.8, 4) is 17.0 Å². The molecule has 7 heteroatoms. The number of carboxylic acids is 1. The zero-order valence-corrected chi connectivity index (χ0v) is 13.3. The fourth-order valence-corrected chi connectivity index (χ4v) is 2.49. The third-order valence-corrected chi connectivity index (χ3v) is 3.52. The monoisotopic (exact) mass is 350 g/mol. The van der Waals surface area contributed by atoms with Crippen LogP contribution in [0, 0.1) is 0 Å². The summed E-state index contributed by atoms with van der Waals surface area (Å²) in [7, 11) is 0. The van der Waals surface area contributed by atoms with Gasteiger partial charge in [-0.15, -0.1) is 24.8 Å². The third-order valence-electron chi connectivity index (χ3n) is 3.52. The lowest BCUT2D eigenvalue weighted by molar-refractivity contribution is 0.0696. The quantitative estimate of drug-likeness (QED) is 0.691. The van der Waals surface area contributed by atoms with Gasteiger partial charge in [0.1, 0.15) is 5.75 Å². The van der Waals surface area contributed by atoms with E-state index in [0.717, 1.165) is 22.0 Å². The average Bonchev–Trinajstić information content (AvgIpc) is 2.85. The predicted molar refractivity (Wildman–Crippen MR) is 92.6 cm³/mol. The summed E-state index contributed by atoms with van der Waals surface area (Å²) >= 11 is 0. The van der Waals surface area contributed by atoms with Crippen LogP contribution in [0.3, 0.4) is 0 Å². The van der Waals surface area contributed by atoms with Crippen molar-refractivity contribution in [2.24, 2.45) is 0 Å². The van der Waals surface area contributed by atoms with E-state index in [4.69, 9.17) is 9.84 Å². The van der Waals surface area contributed by atoms with Crippen LogP contribution in [0.1, 0.15) is 15.9 Å². The van der Waals surface area contributed by atoms with Gasteiger partial charge in [0.2, 0.25) is 0 Å². The molecule has 23 heavy (non-hydrogen) atoms. The molecule has 1 aliphatic rings. The number of hydrogen-bond acceptors (Lipinski definition) is 3. The number of benzene rings is 1. The highest BCUT2D eigenvalue weighted by Crippen LogP contribution is 2.37. The van der Waals surface area contributed by atoms with Crippen molar-refractivity contribution in [3.63, 3.8) is 0 Å². The van der Waals surface area contributed by atoms with Crippen molar-refractivity contribution >= 4 is 47.8 Å². The molecule has 0 unspecified atom stereocenters. The first-order valence-corrected chi connectivity index (χ1v) is 6.40. The van der Waals surface area contributed by atoms with Crippen LogP contribution in [0.15, 0.2) is 42.9 Å². The number of nitrogens with one attached hydrogen (secondary N) is 1. The number of rotatable bonds is 1. The summed E-state index contributed by atoms with van der Waals surface area (Å²) in [6, 6.07) is 7.47. The molecule has 1 aromatic carbocycles. The number of halogens is 2. The van der Waals surface area contributed by atoms with Crippen LogP contribution >= 0.6 is 24.8 Å². The van der Waals surface area contributed by atoms with Crippen LogP contribution in [-0.2, 0) is 0 Å². The number of fused-ring (bicyclic) bond motifs is 4. The summed E-state index contributed by atoms with van der Waals surface area (Å²) in [5.74, 6) is -0.305. The molecule has 0 fully saturated rings. The van der Waals surface area contributed by atoms with E-state index in [1.807, 2.05) is 24.4 Å². The highest BCUT2D eigenvalue weighted by atomic mass is 35.5. The number of ether oxygens (including phenoxy) is 1. The van der Waals surface area contributed by atoms with Crippen LogP contribution < -0.4 is 4.74 Å². The number of pyridine rings is 1. The Morgan fingerprint density at radius 2 is 2.04 bits per heavy atom. The summed E-state index contributed by atoms with van der Waals surface area (Å²) in [5.41, 5.74) is 3.42. The Morgan fingerprint density at radius 3 is 2.83 bits per heavy atom. The lowest BCUT2D eigenvalue weighted by Crippen LogP contribution is -1.99. The van der Waals surface area contributed by atoms with E-state index in [9.17, 15) is 4.79 Å². The highest BCUT2D eigenvalue weighted by molar-refractivity contribution is 5.93. The molecule has 0 saturated carbocycles. The molecule has 2 aromatic heterocycles. The highest BCUT2D eigenvalue weighted by Gasteiger charge is 2.17. The van der Waals surface area contributed by atoms with Gasteiger partial charge in [0.05, 0.1) is 17.5 Å². The zero-order valence-electron chi connectivity index (χ0n) is 11.6. The molecule has 4 rings (SSSR count). The summed E-state index contributed by atoms with van der Waals surface area (Å²) < 4.78 is 5.62. The number of nitrogens with zero attached hydrogens (tertiary/aromatic N) is 1. The number of aromatic nitrogens is 2. The number of carboxylic acid groups (broad SMARTS) is 1. The molecule has 0 atom stereocenters. The molecule has 3 aromatic rings. The minimum atomic E-state index is -0.995. The first kappa shape index (κ1) is 16.9. The molecule has 0 bridgehead atoms. The standard InChI is InChI=1S/C16H10N2O3.2ClH/c19-16(20)11-5-10-2-4-21-14-7-13-9(1-3-17-13)6-12(14)15(10)18-8-11;;/h1-8,17H,(H,19,20);2*1H. The molecular formula is C16H12Cl2N2O3. The van der Waals surface area contributed by atoms with Gasteiger partial charge in [0, 0.05) is 40.5 Å². The van der Waals surface area contributed by atoms with Crippen molar-refractivity contribution in [2.45, 2.75) is 0 Å². The van der Waals surface area contributed by atoms with Gasteiger partial charge in [-0.05, 0) is 24.3 Å². The fraction of sp³-hybridized carbons (Fsp3) is 0. The first-order chi connectivity index (χ1) is 10.2. The molecule has 0 saturated heterocycles.